The molecule has 0 radical (unpaired) electrons. The highest BCUT2D eigenvalue weighted by Crippen LogP contribution is 2.12. The van der Waals surface area contributed by atoms with E-state index in [0.29, 0.717) is 19.3 Å². The molecule has 0 aromatic carbocycles. The standard InChI is InChI=1S/C8H14O3/c9-6-1-3-7(10)5-8(11)4-2-6/h1,3,6-11H,2,4-5H2. The zero-order valence-electron chi connectivity index (χ0n) is 6.35. The van der Waals surface area contributed by atoms with Crippen molar-refractivity contribution >= 4 is 0 Å². The Morgan fingerprint density at radius 3 is 2.27 bits per heavy atom. The van der Waals surface area contributed by atoms with Crippen LogP contribution in [0.1, 0.15) is 19.3 Å². The molecule has 3 heteroatoms. The molecule has 0 saturated heterocycles. The summed E-state index contributed by atoms with van der Waals surface area (Å²) in [6, 6.07) is 0. The molecule has 0 aromatic heterocycles. The topological polar surface area (TPSA) is 60.7 Å². The third-order valence-electron chi connectivity index (χ3n) is 1.86. The summed E-state index contributed by atoms with van der Waals surface area (Å²) in [5.74, 6) is 0. The van der Waals surface area contributed by atoms with Gasteiger partial charge in [0.2, 0.25) is 0 Å². The summed E-state index contributed by atoms with van der Waals surface area (Å²) in [6.45, 7) is 0. The van der Waals surface area contributed by atoms with Gasteiger partial charge in [-0.25, -0.2) is 0 Å². The molecule has 3 nitrogen and oxygen atoms in total. The van der Waals surface area contributed by atoms with Gasteiger partial charge >= 0.3 is 0 Å². The summed E-state index contributed by atoms with van der Waals surface area (Å²) >= 11 is 0. The van der Waals surface area contributed by atoms with E-state index in [-0.39, 0.29) is 0 Å². The third-order valence-corrected chi connectivity index (χ3v) is 1.86. The van der Waals surface area contributed by atoms with Crippen molar-refractivity contribution in [1.29, 1.82) is 0 Å². The molecule has 3 unspecified atom stereocenters. The predicted molar refractivity (Wildman–Crippen MR) is 41.0 cm³/mol. The van der Waals surface area contributed by atoms with Crippen LogP contribution < -0.4 is 0 Å². The molecule has 0 fully saturated rings. The summed E-state index contributed by atoms with van der Waals surface area (Å²) < 4.78 is 0. The molecule has 0 spiro atoms. The van der Waals surface area contributed by atoms with Crippen LogP contribution in [0.5, 0.6) is 0 Å². The van der Waals surface area contributed by atoms with Crippen LogP contribution in [0.4, 0.5) is 0 Å². The maximum Gasteiger partial charge on any atom is 0.0746 e. The van der Waals surface area contributed by atoms with Gasteiger partial charge in [0.25, 0.3) is 0 Å². The fourth-order valence-electron chi connectivity index (χ4n) is 1.19. The van der Waals surface area contributed by atoms with Crippen molar-refractivity contribution < 1.29 is 15.3 Å². The second kappa shape index (κ2) is 3.85. The Hall–Kier alpha value is -0.380. The van der Waals surface area contributed by atoms with Gasteiger partial charge in [0.1, 0.15) is 0 Å². The number of hydrogen-bond acceptors (Lipinski definition) is 3. The molecular weight excluding hydrogens is 144 g/mol. The highest BCUT2D eigenvalue weighted by Gasteiger charge is 2.14. The molecule has 0 aromatic rings. The molecule has 0 bridgehead atoms. The lowest BCUT2D eigenvalue weighted by molar-refractivity contribution is 0.0782. The van der Waals surface area contributed by atoms with E-state index in [1.54, 1.807) is 6.08 Å². The summed E-state index contributed by atoms with van der Waals surface area (Å²) in [7, 11) is 0. The van der Waals surface area contributed by atoms with Crippen LogP contribution in [-0.4, -0.2) is 33.6 Å². The summed E-state index contributed by atoms with van der Waals surface area (Å²) in [6.07, 6.45) is 3.02. The van der Waals surface area contributed by atoms with Crippen molar-refractivity contribution in [2.75, 3.05) is 0 Å². The maximum absolute atomic E-state index is 9.20. The van der Waals surface area contributed by atoms with E-state index < -0.39 is 18.3 Å². The van der Waals surface area contributed by atoms with Gasteiger partial charge in [0.05, 0.1) is 18.3 Å². The molecule has 0 aliphatic heterocycles. The van der Waals surface area contributed by atoms with Crippen LogP contribution in [0.15, 0.2) is 12.2 Å². The zero-order chi connectivity index (χ0) is 8.27. The first-order valence-corrected chi connectivity index (χ1v) is 3.91. The minimum absolute atomic E-state index is 0.378. The van der Waals surface area contributed by atoms with Crippen molar-refractivity contribution in [3.63, 3.8) is 0 Å². The fraction of sp³-hybridized carbons (Fsp3) is 0.750. The Morgan fingerprint density at radius 2 is 1.55 bits per heavy atom. The molecule has 0 heterocycles. The van der Waals surface area contributed by atoms with Gasteiger partial charge in [-0.1, -0.05) is 12.2 Å². The second-order valence-electron chi connectivity index (χ2n) is 2.99. The van der Waals surface area contributed by atoms with Crippen molar-refractivity contribution in [3.8, 4) is 0 Å². The Morgan fingerprint density at radius 1 is 0.909 bits per heavy atom. The van der Waals surface area contributed by atoms with Gasteiger partial charge in [0.15, 0.2) is 0 Å². The number of rotatable bonds is 0. The number of hydrogen-bond donors (Lipinski definition) is 3. The predicted octanol–water partition coefficient (Wildman–Crippen LogP) is -0.191. The van der Waals surface area contributed by atoms with Crippen molar-refractivity contribution in [1.82, 2.24) is 0 Å². The minimum Gasteiger partial charge on any atom is -0.393 e. The van der Waals surface area contributed by atoms with Gasteiger partial charge in [-0.3, -0.25) is 0 Å². The average molecular weight is 158 g/mol. The van der Waals surface area contributed by atoms with E-state index in [1.807, 2.05) is 0 Å². The molecule has 64 valence electrons. The zero-order valence-corrected chi connectivity index (χ0v) is 6.35. The van der Waals surface area contributed by atoms with E-state index in [4.69, 9.17) is 10.2 Å². The van der Waals surface area contributed by atoms with Crippen molar-refractivity contribution in [2.45, 2.75) is 37.6 Å². The highest BCUT2D eigenvalue weighted by atomic mass is 16.3. The smallest absolute Gasteiger partial charge is 0.0746 e. The highest BCUT2D eigenvalue weighted by molar-refractivity contribution is 4.96. The normalized spacial score (nSPS) is 39.7. The lowest BCUT2D eigenvalue weighted by atomic mass is 10.0. The van der Waals surface area contributed by atoms with Crippen molar-refractivity contribution in [3.05, 3.63) is 12.2 Å². The van der Waals surface area contributed by atoms with Crippen LogP contribution >= 0.6 is 0 Å². The van der Waals surface area contributed by atoms with Gasteiger partial charge in [-0.15, -0.1) is 0 Å². The molecule has 3 atom stereocenters. The Bertz CT molecular complexity index is 144. The maximum atomic E-state index is 9.20. The molecule has 1 aliphatic carbocycles. The fourth-order valence-corrected chi connectivity index (χ4v) is 1.19. The minimum atomic E-state index is -0.611. The first-order chi connectivity index (χ1) is 5.18. The van der Waals surface area contributed by atoms with E-state index >= 15 is 0 Å². The van der Waals surface area contributed by atoms with E-state index in [9.17, 15) is 5.11 Å². The van der Waals surface area contributed by atoms with Crippen molar-refractivity contribution in [2.24, 2.45) is 0 Å². The molecule has 1 aliphatic rings. The van der Waals surface area contributed by atoms with Gasteiger partial charge in [0, 0.05) is 6.42 Å². The van der Waals surface area contributed by atoms with Gasteiger partial charge in [-0.05, 0) is 12.8 Å². The molecular formula is C8H14O3. The van der Waals surface area contributed by atoms with E-state index in [0.717, 1.165) is 0 Å². The first kappa shape index (κ1) is 8.71. The van der Waals surface area contributed by atoms with Gasteiger partial charge < -0.3 is 15.3 Å². The molecule has 0 amide bonds. The third kappa shape index (κ3) is 3.01. The molecule has 3 N–H and O–H groups in total. The van der Waals surface area contributed by atoms with E-state index in [2.05, 4.69) is 0 Å². The second-order valence-corrected chi connectivity index (χ2v) is 2.99. The lowest BCUT2D eigenvalue weighted by Crippen LogP contribution is -2.20. The summed E-state index contributed by atoms with van der Waals surface area (Å²) in [4.78, 5) is 0. The van der Waals surface area contributed by atoms with Crippen LogP contribution in [0, 0.1) is 0 Å². The summed E-state index contributed by atoms with van der Waals surface area (Å²) in [5.41, 5.74) is 0. The van der Waals surface area contributed by atoms with Crippen LogP contribution in [0.2, 0.25) is 0 Å². The number of aliphatic hydroxyl groups is 3. The number of aliphatic hydroxyl groups excluding tert-OH is 3. The first-order valence-electron chi connectivity index (χ1n) is 3.91. The lowest BCUT2D eigenvalue weighted by Gasteiger charge is -2.17. The Kier molecular flexibility index (Phi) is 3.05. The molecule has 0 saturated carbocycles. The molecule has 1 rings (SSSR count). The Balaban J connectivity index is 2.50. The van der Waals surface area contributed by atoms with Gasteiger partial charge in [-0.2, -0.15) is 0 Å². The van der Waals surface area contributed by atoms with Crippen LogP contribution in [0.3, 0.4) is 0 Å². The average Bonchev–Trinajstić information content (AvgIpc) is 1.95. The molecule has 11 heavy (non-hydrogen) atoms. The largest absolute Gasteiger partial charge is 0.393 e. The SMILES string of the molecule is OC1C=CC(O)CC(O)CC1. The Labute approximate surface area is 66.0 Å². The van der Waals surface area contributed by atoms with Crippen LogP contribution in [-0.2, 0) is 0 Å². The van der Waals surface area contributed by atoms with E-state index in [1.165, 1.54) is 6.08 Å². The summed E-state index contributed by atoms with van der Waals surface area (Å²) in [5, 5.41) is 27.5. The van der Waals surface area contributed by atoms with Crippen LogP contribution in [0.25, 0.3) is 0 Å². The quantitative estimate of drug-likeness (QED) is 0.428. The monoisotopic (exact) mass is 158 g/mol.